The van der Waals surface area contributed by atoms with Crippen molar-refractivity contribution in [2.75, 3.05) is 13.2 Å². The summed E-state index contributed by atoms with van der Waals surface area (Å²) < 4.78 is 11.1. The Bertz CT molecular complexity index is 864. The molecule has 1 atom stereocenters. The summed E-state index contributed by atoms with van der Waals surface area (Å²) in [6, 6.07) is 16.9. The van der Waals surface area contributed by atoms with Gasteiger partial charge in [0.1, 0.15) is 18.1 Å². The van der Waals surface area contributed by atoms with E-state index in [9.17, 15) is 4.79 Å². The number of rotatable bonds is 5. The number of hydrogen-bond donors (Lipinski definition) is 0. The molecule has 1 saturated heterocycles. The number of benzene rings is 1. The molecule has 0 saturated carbocycles. The Kier molecular flexibility index (Phi) is 4.64. The maximum Gasteiger partial charge on any atom is 0.292 e. The van der Waals surface area contributed by atoms with Crippen molar-refractivity contribution in [3.8, 4) is 17.1 Å². The highest BCUT2D eigenvalue weighted by atomic mass is 16.5. The molecule has 6 nitrogen and oxygen atoms in total. The summed E-state index contributed by atoms with van der Waals surface area (Å²) in [7, 11) is 0. The van der Waals surface area contributed by atoms with Crippen LogP contribution in [0.4, 0.5) is 0 Å². The number of hydrogen-bond acceptors (Lipinski definition) is 5. The number of carbonyl (C=O) groups is 1. The summed E-state index contributed by atoms with van der Waals surface area (Å²) in [4.78, 5) is 18.9. The second-order valence-corrected chi connectivity index (χ2v) is 6.21. The number of likely N-dealkylation sites (tertiary alicyclic amines) is 1. The van der Waals surface area contributed by atoms with Crippen LogP contribution in [-0.4, -0.2) is 40.1 Å². The van der Waals surface area contributed by atoms with Crippen LogP contribution in [0.3, 0.4) is 0 Å². The molecule has 3 aromatic rings. The molecular weight excluding hydrogens is 330 g/mol. The Labute approximate surface area is 151 Å². The van der Waals surface area contributed by atoms with Crippen molar-refractivity contribution in [1.82, 2.24) is 15.0 Å². The topological polar surface area (TPSA) is 68.5 Å². The fourth-order valence-corrected chi connectivity index (χ4v) is 3.14. The van der Waals surface area contributed by atoms with Gasteiger partial charge < -0.3 is 14.2 Å². The second-order valence-electron chi connectivity index (χ2n) is 6.21. The summed E-state index contributed by atoms with van der Waals surface area (Å²) >= 11 is 0. The first-order valence-corrected chi connectivity index (χ1v) is 8.68. The summed E-state index contributed by atoms with van der Waals surface area (Å²) in [5.41, 5.74) is 1.24. The molecule has 132 valence electrons. The molecule has 1 aliphatic heterocycles. The summed E-state index contributed by atoms with van der Waals surface area (Å²) in [5.74, 6) is 0.889. The summed E-state index contributed by atoms with van der Waals surface area (Å²) in [6.07, 6.45) is 3.55. The first kappa shape index (κ1) is 16.3. The lowest BCUT2D eigenvalue weighted by atomic mass is 10.2. The number of para-hydroxylation sites is 1. The van der Waals surface area contributed by atoms with E-state index in [1.807, 2.05) is 53.4 Å². The van der Waals surface area contributed by atoms with Crippen molar-refractivity contribution >= 4 is 5.91 Å². The van der Waals surface area contributed by atoms with Gasteiger partial charge in [-0.2, -0.15) is 0 Å². The number of amides is 1. The van der Waals surface area contributed by atoms with E-state index in [1.165, 1.54) is 0 Å². The number of carbonyl (C=O) groups excluding carboxylic acids is 1. The lowest BCUT2D eigenvalue weighted by Gasteiger charge is -2.23. The van der Waals surface area contributed by atoms with Crippen molar-refractivity contribution < 1.29 is 14.1 Å². The molecule has 3 heterocycles. The minimum atomic E-state index is -0.154. The fourth-order valence-electron chi connectivity index (χ4n) is 3.14. The van der Waals surface area contributed by atoms with Gasteiger partial charge in [-0.15, -0.1) is 0 Å². The van der Waals surface area contributed by atoms with E-state index in [0.717, 1.165) is 18.6 Å². The second kappa shape index (κ2) is 7.39. The maximum atomic E-state index is 12.8. The van der Waals surface area contributed by atoms with E-state index in [4.69, 9.17) is 9.26 Å². The lowest BCUT2D eigenvalue weighted by Crippen LogP contribution is -2.38. The van der Waals surface area contributed by atoms with Crippen molar-refractivity contribution in [3.05, 3.63) is 66.6 Å². The smallest absolute Gasteiger partial charge is 0.292 e. The number of ether oxygens (including phenoxy) is 1. The third-order valence-corrected chi connectivity index (χ3v) is 4.47. The standard InChI is InChI=1S/C20H19N3O3/c24-20(19-13-18(22-26-19)17-10-4-5-11-21-17)23-12-6-7-15(23)14-25-16-8-2-1-3-9-16/h1-5,8-11,13,15H,6-7,12,14H2/t15-/m1/s1. The van der Waals surface area contributed by atoms with Crippen LogP contribution in [0.1, 0.15) is 23.4 Å². The Balaban J connectivity index is 1.44. The largest absolute Gasteiger partial charge is 0.491 e. The van der Waals surface area contributed by atoms with Gasteiger partial charge in [0.2, 0.25) is 5.76 Å². The summed E-state index contributed by atoms with van der Waals surface area (Å²) in [6.45, 7) is 1.16. The quantitative estimate of drug-likeness (QED) is 0.706. The predicted octanol–water partition coefficient (Wildman–Crippen LogP) is 3.42. The summed E-state index contributed by atoms with van der Waals surface area (Å²) in [5, 5.41) is 3.98. The molecular formula is C20H19N3O3. The van der Waals surface area contributed by atoms with Gasteiger partial charge in [-0.25, -0.2) is 0 Å². The maximum absolute atomic E-state index is 12.8. The molecule has 0 N–H and O–H groups in total. The van der Waals surface area contributed by atoms with Gasteiger partial charge in [0, 0.05) is 18.8 Å². The van der Waals surface area contributed by atoms with Gasteiger partial charge in [-0.05, 0) is 37.1 Å². The molecule has 0 aliphatic carbocycles. The van der Waals surface area contributed by atoms with Gasteiger partial charge in [0.15, 0.2) is 0 Å². The van der Waals surface area contributed by atoms with Crippen molar-refractivity contribution in [2.45, 2.75) is 18.9 Å². The Morgan fingerprint density at radius 1 is 1.15 bits per heavy atom. The molecule has 0 spiro atoms. The van der Waals surface area contributed by atoms with Crippen LogP contribution in [0, 0.1) is 0 Å². The molecule has 0 radical (unpaired) electrons. The van der Waals surface area contributed by atoms with Crippen molar-refractivity contribution in [1.29, 1.82) is 0 Å². The third-order valence-electron chi connectivity index (χ3n) is 4.47. The zero-order valence-corrected chi connectivity index (χ0v) is 14.2. The third kappa shape index (κ3) is 3.44. The highest BCUT2D eigenvalue weighted by Gasteiger charge is 2.32. The van der Waals surface area contributed by atoms with Gasteiger partial charge in [-0.1, -0.05) is 29.4 Å². The van der Waals surface area contributed by atoms with Crippen LogP contribution in [-0.2, 0) is 0 Å². The van der Waals surface area contributed by atoms with Gasteiger partial charge in [0.05, 0.1) is 11.7 Å². The van der Waals surface area contributed by atoms with Crippen LogP contribution in [0.2, 0.25) is 0 Å². The highest BCUT2D eigenvalue weighted by Crippen LogP contribution is 2.23. The minimum absolute atomic E-state index is 0.0334. The molecule has 26 heavy (non-hydrogen) atoms. The highest BCUT2D eigenvalue weighted by molar-refractivity contribution is 5.92. The van der Waals surface area contributed by atoms with E-state index >= 15 is 0 Å². The molecule has 4 rings (SSSR count). The molecule has 1 aliphatic rings. The predicted molar refractivity (Wildman–Crippen MR) is 95.7 cm³/mol. The molecule has 0 bridgehead atoms. The van der Waals surface area contributed by atoms with E-state index in [1.54, 1.807) is 12.3 Å². The molecule has 1 aromatic carbocycles. The van der Waals surface area contributed by atoms with Gasteiger partial charge in [0.25, 0.3) is 5.91 Å². The van der Waals surface area contributed by atoms with Crippen LogP contribution in [0.15, 0.2) is 65.3 Å². The zero-order chi connectivity index (χ0) is 17.8. The van der Waals surface area contributed by atoms with Crippen LogP contribution in [0.25, 0.3) is 11.4 Å². The number of aromatic nitrogens is 2. The Morgan fingerprint density at radius 2 is 2.00 bits per heavy atom. The molecule has 0 unspecified atom stereocenters. The Morgan fingerprint density at radius 3 is 2.81 bits per heavy atom. The molecule has 6 heteroatoms. The number of nitrogens with zero attached hydrogens (tertiary/aromatic N) is 3. The van der Waals surface area contributed by atoms with Gasteiger partial charge >= 0.3 is 0 Å². The van der Waals surface area contributed by atoms with Crippen molar-refractivity contribution in [3.63, 3.8) is 0 Å². The number of pyridine rings is 1. The first-order valence-electron chi connectivity index (χ1n) is 8.68. The SMILES string of the molecule is O=C(c1cc(-c2ccccn2)no1)N1CCC[C@@H]1COc1ccccc1. The van der Waals surface area contributed by atoms with E-state index in [-0.39, 0.29) is 17.7 Å². The lowest BCUT2D eigenvalue weighted by molar-refractivity contribution is 0.0650. The van der Waals surface area contributed by atoms with Crippen LogP contribution >= 0.6 is 0 Å². The van der Waals surface area contributed by atoms with E-state index in [0.29, 0.717) is 24.5 Å². The van der Waals surface area contributed by atoms with E-state index < -0.39 is 0 Å². The minimum Gasteiger partial charge on any atom is -0.491 e. The average Bonchev–Trinajstić information content (AvgIpc) is 3.37. The van der Waals surface area contributed by atoms with Crippen LogP contribution in [0.5, 0.6) is 5.75 Å². The van der Waals surface area contributed by atoms with E-state index in [2.05, 4.69) is 10.1 Å². The molecule has 1 fully saturated rings. The van der Waals surface area contributed by atoms with Crippen molar-refractivity contribution in [2.24, 2.45) is 0 Å². The van der Waals surface area contributed by atoms with Crippen LogP contribution < -0.4 is 4.74 Å². The monoisotopic (exact) mass is 349 g/mol. The Hall–Kier alpha value is -3.15. The molecule has 2 aromatic heterocycles. The zero-order valence-electron chi connectivity index (χ0n) is 14.2. The molecule has 1 amide bonds. The first-order chi connectivity index (χ1) is 12.8. The fraction of sp³-hybridized carbons (Fsp3) is 0.250. The normalized spacial score (nSPS) is 16.6. The van der Waals surface area contributed by atoms with Gasteiger partial charge in [-0.3, -0.25) is 9.78 Å². The average molecular weight is 349 g/mol.